The van der Waals surface area contributed by atoms with Crippen LogP contribution in [0, 0.1) is 12.7 Å². The van der Waals surface area contributed by atoms with Crippen molar-refractivity contribution in [3.05, 3.63) is 88.7 Å². The molecule has 1 heterocycles. The van der Waals surface area contributed by atoms with Gasteiger partial charge in [-0.1, -0.05) is 41.9 Å². The molecule has 170 valence electrons. The summed E-state index contributed by atoms with van der Waals surface area (Å²) < 4.78 is 14.1. The average molecular weight is 467 g/mol. The van der Waals surface area contributed by atoms with E-state index >= 15 is 0 Å². The number of carbonyl (C=O) groups is 2. The molecule has 3 aromatic rings. The van der Waals surface area contributed by atoms with Crippen molar-refractivity contribution >= 4 is 40.7 Å². The number of nitrogens with zero attached hydrogens (tertiary/aromatic N) is 2. The van der Waals surface area contributed by atoms with Crippen molar-refractivity contribution in [2.75, 3.05) is 28.6 Å². The smallest absolute Gasteiger partial charge is 0.320 e. The third kappa shape index (κ3) is 5.43. The number of rotatable bonds is 5. The van der Waals surface area contributed by atoms with Crippen molar-refractivity contribution in [2.45, 2.75) is 19.9 Å². The van der Waals surface area contributed by atoms with Gasteiger partial charge in [-0.05, 0) is 55.3 Å². The van der Waals surface area contributed by atoms with Gasteiger partial charge in [-0.2, -0.15) is 0 Å². The minimum absolute atomic E-state index is 0.186. The van der Waals surface area contributed by atoms with Crippen LogP contribution in [-0.4, -0.2) is 30.1 Å². The fourth-order valence-electron chi connectivity index (χ4n) is 3.82. The number of urea groups is 2. The molecule has 1 aliphatic heterocycles. The molecule has 8 heteroatoms. The highest BCUT2D eigenvalue weighted by Gasteiger charge is 2.29. The van der Waals surface area contributed by atoms with Crippen LogP contribution in [0.1, 0.15) is 17.5 Å². The van der Waals surface area contributed by atoms with E-state index in [-0.39, 0.29) is 18.4 Å². The van der Waals surface area contributed by atoms with E-state index in [4.69, 9.17) is 11.6 Å². The van der Waals surface area contributed by atoms with Crippen LogP contribution in [0.3, 0.4) is 0 Å². The topological polar surface area (TPSA) is 64.7 Å². The number of benzene rings is 3. The lowest BCUT2D eigenvalue weighted by molar-refractivity contribution is 0.192. The Labute approximate surface area is 197 Å². The first-order valence-corrected chi connectivity index (χ1v) is 11.0. The van der Waals surface area contributed by atoms with E-state index in [1.807, 2.05) is 25.1 Å². The van der Waals surface area contributed by atoms with Gasteiger partial charge in [0.15, 0.2) is 0 Å². The maximum Gasteiger partial charge on any atom is 0.324 e. The van der Waals surface area contributed by atoms with Crippen molar-refractivity contribution in [1.82, 2.24) is 4.90 Å². The fourth-order valence-corrected chi connectivity index (χ4v) is 4.01. The van der Waals surface area contributed by atoms with Gasteiger partial charge in [-0.25, -0.2) is 14.0 Å². The molecule has 0 atom stereocenters. The van der Waals surface area contributed by atoms with Crippen molar-refractivity contribution in [3.8, 4) is 0 Å². The van der Waals surface area contributed by atoms with Crippen molar-refractivity contribution in [1.29, 1.82) is 0 Å². The minimum Gasteiger partial charge on any atom is -0.320 e. The molecule has 1 aliphatic rings. The Morgan fingerprint density at radius 2 is 1.85 bits per heavy atom. The SMILES string of the molecule is Cc1ccc(N2CCCN(Cc3ccccc3F)C2=O)c(NC(=O)Nc2cccc(Cl)c2)c1. The number of anilines is 3. The van der Waals surface area contributed by atoms with Gasteiger partial charge in [-0.3, -0.25) is 4.90 Å². The number of hydrogen-bond donors (Lipinski definition) is 2. The molecule has 4 amide bonds. The van der Waals surface area contributed by atoms with Crippen LogP contribution in [0.5, 0.6) is 0 Å². The van der Waals surface area contributed by atoms with Gasteiger partial charge >= 0.3 is 12.1 Å². The highest BCUT2D eigenvalue weighted by atomic mass is 35.5. The van der Waals surface area contributed by atoms with E-state index in [0.717, 1.165) is 12.0 Å². The molecule has 1 fully saturated rings. The van der Waals surface area contributed by atoms with E-state index in [1.54, 1.807) is 52.3 Å². The summed E-state index contributed by atoms with van der Waals surface area (Å²) in [7, 11) is 0. The van der Waals surface area contributed by atoms with Gasteiger partial charge in [0, 0.05) is 29.4 Å². The van der Waals surface area contributed by atoms with E-state index in [1.165, 1.54) is 6.07 Å². The zero-order valence-electron chi connectivity index (χ0n) is 18.1. The first-order chi connectivity index (χ1) is 15.9. The minimum atomic E-state index is -0.447. The van der Waals surface area contributed by atoms with Gasteiger partial charge in [0.05, 0.1) is 17.9 Å². The van der Waals surface area contributed by atoms with Crippen LogP contribution < -0.4 is 15.5 Å². The predicted molar refractivity (Wildman–Crippen MR) is 129 cm³/mol. The molecule has 0 unspecified atom stereocenters. The summed E-state index contributed by atoms with van der Waals surface area (Å²) in [6, 6.07) is 18.1. The predicted octanol–water partition coefficient (Wildman–Crippen LogP) is 6.26. The fraction of sp³-hybridized carbons (Fsp3) is 0.200. The van der Waals surface area contributed by atoms with Gasteiger partial charge in [0.25, 0.3) is 0 Å². The molecule has 0 aromatic heterocycles. The Hall–Kier alpha value is -3.58. The molecule has 0 saturated carbocycles. The van der Waals surface area contributed by atoms with Crippen molar-refractivity contribution in [3.63, 3.8) is 0 Å². The number of nitrogens with one attached hydrogen (secondary N) is 2. The summed E-state index contributed by atoms with van der Waals surface area (Å²) in [5, 5.41) is 6.11. The second-order valence-corrected chi connectivity index (χ2v) is 8.35. The number of carbonyl (C=O) groups excluding carboxylic acids is 2. The van der Waals surface area contributed by atoms with E-state index in [2.05, 4.69) is 10.6 Å². The van der Waals surface area contributed by atoms with Gasteiger partial charge in [-0.15, -0.1) is 0 Å². The van der Waals surface area contributed by atoms with Gasteiger partial charge in [0.2, 0.25) is 0 Å². The molecular formula is C25H24ClFN4O2. The van der Waals surface area contributed by atoms with E-state index < -0.39 is 6.03 Å². The molecule has 0 aliphatic carbocycles. The molecule has 4 rings (SSSR count). The third-order valence-corrected chi connectivity index (χ3v) is 5.64. The summed E-state index contributed by atoms with van der Waals surface area (Å²) in [6.07, 6.45) is 0.724. The molecule has 0 radical (unpaired) electrons. The standard InChI is InChI=1S/C25H24ClFN4O2/c1-17-10-11-23(22(14-17)29-24(32)28-20-8-4-7-19(26)15-20)31-13-5-12-30(25(31)33)16-18-6-2-3-9-21(18)27/h2-4,6-11,14-15H,5,12-13,16H2,1H3,(H2,28,29,32). The maximum atomic E-state index is 14.1. The van der Waals surface area contributed by atoms with Gasteiger partial charge in [0.1, 0.15) is 5.82 Å². The van der Waals surface area contributed by atoms with E-state index in [0.29, 0.717) is 40.7 Å². The zero-order chi connectivity index (χ0) is 23.4. The Balaban J connectivity index is 1.54. The lowest BCUT2D eigenvalue weighted by Crippen LogP contribution is -2.49. The Bertz CT molecular complexity index is 1190. The summed E-state index contributed by atoms with van der Waals surface area (Å²) >= 11 is 5.99. The first kappa shape index (κ1) is 22.6. The normalized spacial score (nSPS) is 13.7. The second-order valence-electron chi connectivity index (χ2n) is 7.91. The first-order valence-electron chi connectivity index (χ1n) is 10.6. The quantitative estimate of drug-likeness (QED) is 0.465. The van der Waals surface area contributed by atoms with Gasteiger partial charge < -0.3 is 15.5 Å². The van der Waals surface area contributed by atoms with Crippen LogP contribution in [-0.2, 0) is 6.54 Å². The van der Waals surface area contributed by atoms with Crippen LogP contribution in [0.2, 0.25) is 5.02 Å². The summed E-state index contributed by atoms with van der Waals surface area (Å²) in [5.74, 6) is -0.335. The molecule has 3 aromatic carbocycles. The van der Waals surface area contributed by atoms with Crippen molar-refractivity contribution in [2.24, 2.45) is 0 Å². The Morgan fingerprint density at radius 1 is 1.03 bits per heavy atom. The molecule has 0 bridgehead atoms. The monoisotopic (exact) mass is 466 g/mol. The number of aryl methyl sites for hydroxylation is 1. The molecule has 33 heavy (non-hydrogen) atoms. The zero-order valence-corrected chi connectivity index (χ0v) is 18.9. The van der Waals surface area contributed by atoms with E-state index in [9.17, 15) is 14.0 Å². The van der Waals surface area contributed by atoms with Crippen LogP contribution in [0.4, 0.5) is 31.0 Å². The molecular weight excluding hydrogens is 443 g/mol. The van der Waals surface area contributed by atoms with Crippen LogP contribution in [0.15, 0.2) is 66.7 Å². The second kappa shape index (κ2) is 9.92. The largest absolute Gasteiger partial charge is 0.324 e. The number of amides is 4. The van der Waals surface area contributed by atoms with Crippen molar-refractivity contribution < 1.29 is 14.0 Å². The van der Waals surface area contributed by atoms with Crippen LogP contribution in [0.25, 0.3) is 0 Å². The lowest BCUT2D eigenvalue weighted by Gasteiger charge is -2.36. The maximum absolute atomic E-state index is 14.1. The number of halogens is 2. The molecule has 6 nitrogen and oxygen atoms in total. The summed E-state index contributed by atoms with van der Waals surface area (Å²) in [6.45, 7) is 3.13. The third-order valence-electron chi connectivity index (χ3n) is 5.40. The summed E-state index contributed by atoms with van der Waals surface area (Å²) in [4.78, 5) is 29.2. The molecule has 1 saturated heterocycles. The summed E-state index contributed by atoms with van der Waals surface area (Å²) in [5.41, 5.74) is 3.06. The average Bonchev–Trinajstić information content (AvgIpc) is 2.77. The lowest BCUT2D eigenvalue weighted by atomic mass is 10.1. The highest BCUT2D eigenvalue weighted by molar-refractivity contribution is 6.30. The molecule has 0 spiro atoms. The number of hydrogen-bond acceptors (Lipinski definition) is 2. The highest BCUT2D eigenvalue weighted by Crippen LogP contribution is 2.31. The van der Waals surface area contributed by atoms with Crippen LogP contribution >= 0.6 is 11.6 Å². The Morgan fingerprint density at radius 3 is 2.64 bits per heavy atom. The molecule has 2 N–H and O–H groups in total. The Kier molecular flexibility index (Phi) is 6.79.